The van der Waals surface area contributed by atoms with E-state index in [0.29, 0.717) is 11.4 Å². The Morgan fingerprint density at radius 3 is 0.984 bits per heavy atom. The molecule has 0 fully saturated rings. The van der Waals surface area contributed by atoms with Crippen LogP contribution in [-0.4, -0.2) is 27.4 Å². The Morgan fingerprint density at radius 2 is 0.594 bits per heavy atom. The molecule has 12 aromatic rings. The molecule has 0 spiro atoms. The van der Waals surface area contributed by atoms with Crippen molar-refractivity contribution in [3.05, 3.63) is 232 Å². The lowest BCUT2D eigenvalue weighted by molar-refractivity contribution is 0.918. The molecular weight excluding hydrogens is 789 g/mol. The minimum absolute atomic E-state index is 0.174. The monoisotopic (exact) mass is 826 g/mol. The lowest BCUT2D eigenvalue weighted by Crippen LogP contribution is -2.23. The minimum atomic E-state index is -0.180. The lowest BCUT2D eigenvalue weighted by Gasteiger charge is -2.13. The van der Waals surface area contributed by atoms with Crippen molar-refractivity contribution >= 4 is 60.9 Å². The van der Waals surface area contributed by atoms with Crippen molar-refractivity contribution in [2.24, 2.45) is 0 Å². The Kier molecular flexibility index (Phi) is 7.86. The molecule has 13 rings (SSSR count). The van der Waals surface area contributed by atoms with Crippen LogP contribution in [0.2, 0.25) is 0 Å². The van der Waals surface area contributed by atoms with E-state index in [1.54, 1.807) is 18.3 Å². The first-order valence-corrected chi connectivity index (χ1v) is 21.7. The van der Waals surface area contributed by atoms with Crippen molar-refractivity contribution in [2.45, 2.75) is 12.8 Å². The molecular formula is C56H38N6O2. The minimum Gasteiger partial charge on any atom is -0.310 e. The molecule has 0 aliphatic heterocycles. The molecule has 8 nitrogen and oxygen atoms in total. The second kappa shape index (κ2) is 14.0. The summed E-state index contributed by atoms with van der Waals surface area (Å²) in [6.07, 6.45) is 6.54. The Balaban J connectivity index is 0.869. The molecule has 0 radical (unpaired) electrons. The molecule has 0 saturated heterocycles. The van der Waals surface area contributed by atoms with Gasteiger partial charge in [0.05, 0.1) is 61.4 Å². The van der Waals surface area contributed by atoms with E-state index in [4.69, 9.17) is 0 Å². The van der Waals surface area contributed by atoms with Crippen LogP contribution in [0.15, 0.2) is 210 Å². The Labute approximate surface area is 366 Å². The van der Waals surface area contributed by atoms with E-state index >= 15 is 0 Å². The van der Waals surface area contributed by atoms with Gasteiger partial charge < -0.3 is 9.13 Å². The zero-order chi connectivity index (χ0) is 42.5. The maximum atomic E-state index is 14.6. The topological polar surface area (TPSA) is 63.7 Å². The summed E-state index contributed by atoms with van der Waals surface area (Å²) in [5.41, 5.74) is 13.9. The molecule has 1 aliphatic carbocycles. The maximum Gasteiger partial charge on any atom is 0.338 e. The summed E-state index contributed by atoms with van der Waals surface area (Å²) in [6.45, 7) is 0. The van der Waals surface area contributed by atoms with Crippen LogP contribution in [0.5, 0.6) is 0 Å². The van der Waals surface area contributed by atoms with Gasteiger partial charge in [0.1, 0.15) is 0 Å². The number of allylic oxidation sites excluding steroid dienone is 1. The second-order valence-corrected chi connectivity index (χ2v) is 16.5. The van der Waals surface area contributed by atoms with Crippen molar-refractivity contribution in [2.75, 3.05) is 0 Å². The average Bonchev–Trinajstić information content (AvgIpc) is 4.06. The van der Waals surface area contributed by atoms with E-state index in [2.05, 4.69) is 118 Å². The van der Waals surface area contributed by atoms with Crippen molar-refractivity contribution in [3.63, 3.8) is 0 Å². The number of fused-ring (bicyclic) bond motifs is 8. The van der Waals surface area contributed by atoms with Crippen LogP contribution in [0.3, 0.4) is 0 Å². The van der Waals surface area contributed by atoms with E-state index in [-0.39, 0.29) is 11.4 Å². The van der Waals surface area contributed by atoms with Gasteiger partial charge in [-0.15, -0.1) is 0 Å². The van der Waals surface area contributed by atoms with Crippen LogP contribution in [-0.2, 0) is 6.42 Å². The fourth-order valence-corrected chi connectivity index (χ4v) is 10.2. The molecule has 0 amide bonds. The number of benzene rings is 8. The molecule has 0 saturated carbocycles. The molecule has 0 N–H and O–H groups in total. The quantitative estimate of drug-likeness (QED) is 0.168. The highest BCUT2D eigenvalue weighted by Crippen LogP contribution is 2.35. The number of nitrogens with zero attached hydrogens (tertiary/aromatic N) is 6. The third-order valence-electron chi connectivity index (χ3n) is 13.0. The van der Waals surface area contributed by atoms with Crippen LogP contribution < -0.4 is 11.4 Å². The highest BCUT2D eigenvalue weighted by molar-refractivity contribution is 6.09. The summed E-state index contributed by atoms with van der Waals surface area (Å²) in [6, 6.07) is 65.4. The Bertz CT molecular complexity index is 3930. The van der Waals surface area contributed by atoms with Crippen LogP contribution in [0.4, 0.5) is 0 Å². The van der Waals surface area contributed by atoms with Gasteiger partial charge >= 0.3 is 11.4 Å². The summed E-state index contributed by atoms with van der Waals surface area (Å²) >= 11 is 0. The van der Waals surface area contributed by atoms with E-state index in [1.807, 2.05) is 97.1 Å². The molecule has 8 aromatic carbocycles. The van der Waals surface area contributed by atoms with Crippen LogP contribution >= 0.6 is 0 Å². The van der Waals surface area contributed by atoms with Gasteiger partial charge in [0.25, 0.3) is 0 Å². The molecule has 0 unspecified atom stereocenters. The van der Waals surface area contributed by atoms with Crippen molar-refractivity contribution < 1.29 is 0 Å². The molecule has 0 bridgehead atoms. The molecule has 0 atom stereocenters. The van der Waals surface area contributed by atoms with Gasteiger partial charge in [-0.05, 0) is 140 Å². The predicted octanol–water partition coefficient (Wildman–Crippen LogP) is 11.9. The van der Waals surface area contributed by atoms with E-state index in [9.17, 15) is 9.59 Å². The van der Waals surface area contributed by atoms with Gasteiger partial charge in [0.15, 0.2) is 0 Å². The fraction of sp³-hybridized carbons (Fsp3) is 0.0357. The zero-order valence-corrected chi connectivity index (χ0v) is 34.5. The van der Waals surface area contributed by atoms with Gasteiger partial charge in [0.2, 0.25) is 0 Å². The van der Waals surface area contributed by atoms with Gasteiger partial charge in [-0.25, -0.2) is 9.59 Å². The second-order valence-electron chi connectivity index (χ2n) is 16.5. The molecule has 4 aromatic heterocycles. The average molecular weight is 827 g/mol. The van der Waals surface area contributed by atoms with Gasteiger partial charge in [0, 0.05) is 33.2 Å². The number of para-hydroxylation sites is 7. The van der Waals surface area contributed by atoms with E-state index in [0.717, 1.165) is 68.7 Å². The summed E-state index contributed by atoms with van der Waals surface area (Å²) in [5.74, 6) is 0. The normalized spacial score (nSPS) is 12.6. The van der Waals surface area contributed by atoms with Gasteiger partial charge in [-0.1, -0.05) is 84.9 Å². The largest absolute Gasteiger partial charge is 0.338 e. The maximum absolute atomic E-state index is 14.6. The third-order valence-corrected chi connectivity index (χ3v) is 13.0. The third kappa shape index (κ3) is 5.23. The van der Waals surface area contributed by atoms with Crippen LogP contribution in [0.1, 0.15) is 17.7 Å². The van der Waals surface area contributed by atoms with Crippen molar-refractivity contribution in [3.8, 4) is 34.1 Å². The van der Waals surface area contributed by atoms with Crippen LogP contribution in [0.25, 0.3) is 95.0 Å². The van der Waals surface area contributed by atoms with Gasteiger partial charge in [-0.2, -0.15) is 0 Å². The summed E-state index contributed by atoms with van der Waals surface area (Å²) in [5, 5.41) is 3.69. The first kappa shape index (κ1) is 36.1. The van der Waals surface area contributed by atoms with Crippen molar-refractivity contribution in [1.82, 2.24) is 27.4 Å². The lowest BCUT2D eigenvalue weighted by atomic mass is 10.0. The highest BCUT2D eigenvalue weighted by Gasteiger charge is 2.21. The number of rotatable bonds is 6. The van der Waals surface area contributed by atoms with Gasteiger partial charge in [-0.3, -0.25) is 18.3 Å². The van der Waals surface area contributed by atoms with E-state index < -0.39 is 0 Å². The number of aromatic nitrogens is 6. The molecule has 304 valence electrons. The number of imidazole rings is 2. The summed E-state index contributed by atoms with van der Waals surface area (Å²) < 4.78 is 11.6. The van der Waals surface area contributed by atoms with Crippen molar-refractivity contribution in [1.29, 1.82) is 0 Å². The SMILES string of the molecule is O=c1n(-c2ccc(-n3c4c(c5ccccc53)CCC=C4)cc2)c2ccccc2n1-c1ccc(-n2c(=O)n(-c3ccc(-n4c5ccccc5c5ccccc54)cc3)c3ccccc32)cc1. The molecule has 1 aliphatic rings. The zero-order valence-electron chi connectivity index (χ0n) is 34.5. The Morgan fingerprint density at radius 1 is 0.297 bits per heavy atom. The Hall–Kier alpha value is -8.62. The highest BCUT2D eigenvalue weighted by atomic mass is 16.2. The number of hydrogen-bond acceptors (Lipinski definition) is 2. The number of aryl methyl sites for hydroxylation is 1. The fourth-order valence-electron chi connectivity index (χ4n) is 10.2. The molecule has 64 heavy (non-hydrogen) atoms. The summed E-state index contributed by atoms with van der Waals surface area (Å²) in [4.78, 5) is 29.2. The number of hydrogen-bond donors (Lipinski definition) is 0. The van der Waals surface area contributed by atoms with E-state index in [1.165, 1.54) is 32.9 Å². The van der Waals surface area contributed by atoms with Crippen LogP contribution in [0, 0.1) is 0 Å². The standard InChI is InChI=1S/C56H38N6O2/c63-55-59(39-29-25-37(26-30-39)57-47-17-5-1-13-43(47)44-14-2-6-18-48(44)57)51-21-9-11-23-53(51)61(55)41-33-35-42(36-34-41)62-54-24-12-10-22-52(54)60(56(62)64)40-31-27-38(28-32-40)58-49-19-7-3-15-45(49)46-16-4-8-20-50(46)58/h1-3,5-15,17-36H,4,16H2. The first-order valence-electron chi connectivity index (χ1n) is 21.7. The molecule has 8 heteroatoms. The smallest absolute Gasteiger partial charge is 0.310 e. The first-order chi connectivity index (χ1) is 31.6. The molecule has 4 heterocycles. The predicted molar refractivity (Wildman–Crippen MR) is 260 cm³/mol. The summed E-state index contributed by atoms with van der Waals surface area (Å²) in [7, 11) is 0.